The first-order valence-corrected chi connectivity index (χ1v) is 9.79. The molecule has 2 aromatic carbocycles. The number of amides is 1. The van der Waals surface area contributed by atoms with Crippen LogP contribution < -0.4 is 5.32 Å². The smallest absolute Gasteiger partial charge is 0.393 e. The molecule has 3 rings (SSSR count). The lowest BCUT2D eigenvalue weighted by Crippen LogP contribution is -2.28. The molecule has 0 radical (unpaired) electrons. The lowest BCUT2D eigenvalue weighted by Gasteiger charge is -2.15. The van der Waals surface area contributed by atoms with Crippen LogP contribution in [0.5, 0.6) is 0 Å². The predicted molar refractivity (Wildman–Crippen MR) is 107 cm³/mol. The predicted octanol–water partition coefficient (Wildman–Crippen LogP) is 3.61. The van der Waals surface area contributed by atoms with Crippen molar-refractivity contribution in [2.24, 2.45) is 0 Å². The van der Waals surface area contributed by atoms with Crippen LogP contribution in [0.15, 0.2) is 48.5 Å². The van der Waals surface area contributed by atoms with Crippen molar-refractivity contribution in [3.8, 4) is 5.69 Å². The number of alkyl halides is 3. The maximum Gasteiger partial charge on any atom is 0.435 e. The average Bonchev–Trinajstić information content (AvgIpc) is 3.21. The molecular weight excluding hydrogens is 449 g/mol. The molecule has 0 aliphatic heterocycles. The van der Waals surface area contributed by atoms with Gasteiger partial charge in [0.15, 0.2) is 5.69 Å². The number of carbonyl (C=O) groups is 1. The summed E-state index contributed by atoms with van der Waals surface area (Å²) in [6, 6.07) is 9.25. The van der Waals surface area contributed by atoms with E-state index in [1.165, 1.54) is 31.2 Å². The third kappa shape index (κ3) is 5.55. The summed E-state index contributed by atoms with van der Waals surface area (Å²) in [7, 11) is 0. The van der Waals surface area contributed by atoms with Gasteiger partial charge in [0.25, 0.3) is 0 Å². The van der Waals surface area contributed by atoms with Gasteiger partial charge in [-0.15, -0.1) is 0 Å². The number of aromatic nitrogens is 2. The van der Waals surface area contributed by atoms with Gasteiger partial charge in [-0.3, -0.25) is 4.79 Å². The van der Waals surface area contributed by atoms with Crippen molar-refractivity contribution in [1.29, 1.82) is 0 Å². The molecule has 0 spiro atoms. The van der Waals surface area contributed by atoms with E-state index in [1.807, 2.05) is 0 Å². The number of nitrogens with zero attached hydrogens (tertiary/aromatic N) is 2. The van der Waals surface area contributed by atoms with Crippen molar-refractivity contribution in [3.63, 3.8) is 0 Å². The number of hydrogen-bond acceptors (Lipinski definition) is 4. The molecule has 1 aromatic heterocycles. The van der Waals surface area contributed by atoms with E-state index >= 15 is 0 Å². The van der Waals surface area contributed by atoms with Gasteiger partial charge < -0.3 is 15.5 Å². The van der Waals surface area contributed by atoms with Crippen LogP contribution in [-0.2, 0) is 17.5 Å². The monoisotopic (exact) mass is 469 g/mol. The SMILES string of the molecule is CC(C(=O)NCc1cc(C(F)(F)F)nn1-c1cccc(F)c1)c1ccc(C(O)CO)c(F)c1. The van der Waals surface area contributed by atoms with Gasteiger partial charge >= 0.3 is 6.18 Å². The van der Waals surface area contributed by atoms with Gasteiger partial charge in [0.2, 0.25) is 5.91 Å². The zero-order valence-corrected chi connectivity index (χ0v) is 17.3. The Hall–Kier alpha value is -3.31. The number of aliphatic hydroxyl groups is 2. The van der Waals surface area contributed by atoms with Gasteiger partial charge in [0.05, 0.1) is 30.5 Å². The number of benzene rings is 2. The van der Waals surface area contributed by atoms with Gasteiger partial charge in [0, 0.05) is 5.56 Å². The summed E-state index contributed by atoms with van der Waals surface area (Å²) < 4.78 is 68.2. The number of nitrogens with one attached hydrogen (secondary N) is 1. The quantitative estimate of drug-likeness (QED) is 0.462. The highest BCUT2D eigenvalue weighted by Gasteiger charge is 2.35. The van der Waals surface area contributed by atoms with Gasteiger partial charge in [-0.05, 0) is 42.8 Å². The van der Waals surface area contributed by atoms with Crippen LogP contribution >= 0.6 is 0 Å². The van der Waals surface area contributed by atoms with E-state index in [1.54, 1.807) is 0 Å². The van der Waals surface area contributed by atoms with Crippen LogP contribution in [0.3, 0.4) is 0 Å². The van der Waals surface area contributed by atoms with Crippen molar-refractivity contribution in [2.45, 2.75) is 31.7 Å². The molecule has 2 unspecified atom stereocenters. The first-order valence-electron chi connectivity index (χ1n) is 9.79. The van der Waals surface area contributed by atoms with E-state index in [0.717, 1.165) is 28.9 Å². The molecule has 33 heavy (non-hydrogen) atoms. The molecule has 11 heteroatoms. The Balaban J connectivity index is 1.81. The summed E-state index contributed by atoms with van der Waals surface area (Å²) in [5, 5.41) is 24.5. The number of rotatable bonds is 7. The highest BCUT2D eigenvalue weighted by Crippen LogP contribution is 2.30. The minimum absolute atomic E-state index is 0.0407. The van der Waals surface area contributed by atoms with Crippen LogP contribution in [-0.4, -0.2) is 32.5 Å². The number of aliphatic hydroxyl groups excluding tert-OH is 2. The van der Waals surface area contributed by atoms with Crippen molar-refractivity contribution in [2.75, 3.05) is 6.61 Å². The number of halogens is 5. The summed E-state index contributed by atoms with van der Waals surface area (Å²) in [6.07, 6.45) is -6.16. The molecule has 176 valence electrons. The molecule has 0 saturated carbocycles. The maximum absolute atomic E-state index is 14.2. The first kappa shape index (κ1) is 24.3. The van der Waals surface area contributed by atoms with E-state index in [9.17, 15) is 31.9 Å². The standard InChI is InChI=1S/C22H20F5N3O3/c1-12(13-5-6-17(18(24)7-13)19(32)11-31)21(33)28-10-16-9-20(22(25,26)27)29-30(16)15-4-2-3-14(23)8-15/h2-9,12,19,31-32H,10-11H2,1H3,(H,28,33). The maximum atomic E-state index is 14.2. The first-order chi connectivity index (χ1) is 15.5. The molecule has 1 amide bonds. The molecule has 0 fully saturated rings. The highest BCUT2D eigenvalue weighted by molar-refractivity contribution is 5.83. The van der Waals surface area contributed by atoms with Crippen molar-refractivity contribution < 1.29 is 37.0 Å². The van der Waals surface area contributed by atoms with Crippen molar-refractivity contribution >= 4 is 5.91 Å². The fourth-order valence-electron chi connectivity index (χ4n) is 3.18. The van der Waals surface area contributed by atoms with E-state index in [0.29, 0.717) is 0 Å². The minimum Gasteiger partial charge on any atom is -0.393 e. The second-order valence-corrected chi connectivity index (χ2v) is 7.33. The Kier molecular flexibility index (Phi) is 7.13. The zero-order valence-electron chi connectivity index (χ0n) is 17.3. The third-order valence-corrected chi connectivity index (χ3v) is 5.02. The fraction of sp³-hybridized carbons (Fsp3) is 0.273. The molecule has 2 atom stereocenters. The molecular formula is C22H20F5N3O3. The normalized spacial score (nSPS) is 13.6. The van der Waals surface area contributed by atoms with E-state index < -0.39 is 48.0 Å². The number of hydrogen-bond donors (Lipinski definition) is 3. The van der Waals surface area contributed by atoms with E-state index in [4.69, 9.17) is 5.11 Å². The van der Waals surface area contributed by atoms with Gasteiger partial charge in [-0.1, -0.05) is 18.2 Å². The zero-order chi connectivity index (χ0) is 24.3. The van der Waals surface area contributed by atoms with Gasteiger partial charge in [0.1, 0.15) is 17.7 Å². The van der Waals surface area contributed by atoms with Crippen LogP contribution in [0, 0.1) is 11.6 Å². The van der Waals surface area contributed by atoms with E-state index in [-0.39, 0.29) is 29.1 Å². The Morgan fingerprint density at radius 2 is 1.88 bits per heavy atom. The Morgan fingerprint density at radius 3 is 2.48 bits per heavy atom. The average molecular weight is 469 g/mol. The molecule has 0 aliphatic carbocycles. The van der Waals surface area contributed by atoms with Crippen LogP contribution in [0.2, 0.25) is 0 Å². The second-order valence-electron chi connectivity index (χ2n) is 7.33. The van der Waals surface area contributed by atoms with Crippen LogP contribution in [0.25, 0.3) is 5.69 Å². The van der Waals surface area contributed by atoms with Crippen molar-refractivity contribution in [1.82, 2.24) is 15.1 Å². The van der Waals surface area contributed by atoms with Crippen LogP contribution in [0.4, 0.5) is 22.0 Å². The molecule has 3 aromatic rings. The Labute approximate surface area is 185 Å². The van der Waals surface area contributed by atoms with Gasteiger partial charge in [-0.25, -0.2) is 13.5 Å². The molecule has 0 bridgehead atoms. The minimum atomic E-state index is -4.75. The highest BCUT2D eigenvalue weighted by atomic mass is 19.4. The molecule has 3 N–H and O–H groups in total. The van der Waals surface area contributed by atoms with Crippen LogP contribution in [0.1, 0.15) is 41.5 Å². The molecule has 0 aliphatic rings. The third-order valence-electron chi connectivity index (χ3n) is 5.02. The summed E-state index contributed by atoms with van der Waals surface area (Å²) >= 11 is 0. The van der Waals surface area contributed by atoms with Gasteiger partial charge in [-0.2, -0.15) is 18.3 Å². The lowest BCUT2D eigenvalue weighted by molar-refractivity contribution is -0.141. The second kappa shape index (κ2) is 9.67. The topological polar surface area (TPSA) is 87.4 Å². The Bertz CT molecular complexity index is 1150. The number of carbonyl (C=O) groups excluding carboxylic acids is 1. The summed E-state index contributed by atoms with van der Waals surface area (Å²) in [5.74, 6) is -2.97. The summed E-state index contributed by atoms with van der Waals surface area (Å²) in [6.45, 7) is 0.440. The lowest BCUT2D eigenvalue weighted by atomic mass is 9.97. The summed E-state index contributed by atoms with van der Waals surface area (Å²) in [5.41, 5.74) is -1.07. The molecule has 1 heterocycles. The molecule has 6 nitrogen and oxygen atoms in total. The Morgan fingerprint density at radius 1 is 1.15 bits per heavy atom. The summed E-state index contributed by atoms with van der Waals surface area (Å²) in [4.78, 5) is 12.6. The van der Waals surface area contributed by atoms with Crippen molar-refractivity contribution in [3.05, 3.63) is 82.7 Å². The largest absolute Gasteiger partial charge is 0.435 e. The molecule has 0 saturated heterocycles. The fourth-order valence-corrected chi connectivity index (χ4v) is 3.18. The van der Waals surface area contributed by atoms with E-state index in [2.05, 4.69) is 10.4 Å².